The summed E-state index contributed by atoms with van der Waals surface area (Å²) in [7, 11) is 0. The van der Waals surface area contributed by atoms with Crippen molar-refractivity contribution in [3.63, 3.8) is 0 Å². The average Bonchev–Trinajstić information content (AvgIpc) is 3.23. The molecule has 2 aliphatic rings. The molecular formula is C17H20N2O3S. The lowest BCUT2D eigenvalue weighted by Gasteiger charge is -2.43. The summed E-state index contributed by atoms with van der Waals surface area (Å²) in [5.41, 5.74) is 0.563. The lowest BCUT2D eigenvalue weighted by molar-refractivity contribution is -0.0754. The molecule has 4 rings (SSSR count). The lowest BCUT2D eigenvalue weighted by atomic mass is 9.90. The van der Waals surface area contributed by atoms with Crippen molar-refractivity contribution in [2.45, 2.75) is 44.8 Å². The van der Waals surface area contributed by atoms with Gasteiger partial charge in [-0.3, -0.25) is 4.79 Å². The molecule has 0 unspecified atom stereocenters. The predicted octanol–water partition coefficient (Wildman–Crippen LogP) is 3.50. The first kappa shape index (κ1) is 14.9. The summed E-state index contributed by atoms with van der Waals surface area (Å²) in [6.07, 6.45) is 6.28. The van der Waals surface area contributed by atoms with Crippen LogP contribution in [0.3, 0.4) is 0 Å². The third-order valence-electron chi connectivity index (χ3n) is 4.72. The van der Waals surface area contributed by atoms with Crippen LogP contribution in [0.5, 0.6) is 0 Å². The normalized spacial score (nSPS) is 24.5. The molecular weight excluding hydrogens is 312 g/mol. The number of thiazole rings is 1. The van der Waals surface area contributed by atoms with Crippen LogP contribution in [0.4, 0.5) is 0 Å². The first-order valence-electron chi connectivity index (χ1n) is 8.18. The number of morpholine rings is 1. The molecule has 2 fully saturated rings. The van der Waals surface area contributed by atoms with Crippen molar-refractivity contribution in [2.24, 2.45) is 0 Å². The predicted molar refractivity (Wildman–Crippen MR) is 87.6 cm³/mol. The minimum absolute atomic E-state index is 0.0387. The van der Waals surface area contributed by atoms with Gasteiger partial charge in [0.2, 0.25) is 0 Å². The molecule has 2 aromatic heterocycles. The molecule has 0 N–H and O–H groups in total. The highest BCUT2D eigenvalue weighted by atomic mass is 32.1. The number of hydrogen-bond acceptors (Lipinski definition) is 5. The minimum Gasteiger partial charge on any atom is -0.462 e. The molecule has 1 aliphatic carbocycles. The van der Waals surface area contributed by atoms with Gasteiger partial charge < -0.3 is 14.1 Å². The Morgan fingerprint density at radius 3 is 3.09 bits per heavy atom. The lowest BCUT2D eigenvalue weighted by Crippen LogP contribution is -2.55. The maximum Gasteiger partial charge on any atom is 0.274 e. The molecule has 5 nitrogen and oxygen atoms in total. The second-order valence-corrected chi connectivity index (χ2v) is 7.36. The highest BCUT2D eigenvalue weighted by molar-refractivity contribution is 7.15. The summed E-state index contributed by atoms with van der Waals surface area (Å²) in [6, 6.07) is 3.92. The molecule has 122 valence electrons. The van der Waals surface area contributed by atoms with Crippen molar-refractivity contribution in [1.29, 1.82) is 0 Å². The van der Waals surface area contributed by atoms with Crippen molar-refractivity contribution in [1.82, 2.24) is 9.88 Å². The minimum atomic E-state index is 0.0387. The Bertz CT molecular complexity index is 693. The van der Waals surface area contributed by atoms with E-state index in [0.29, 0.717) is 18.8 Å². The maximum atomic E-state index is 13.0. The van der Waals surface area contributed by atoms with Gasteiger partial charge in [0.1, 0.15) is 5.69 Å². The van der Waals surface area contributed by atoms with Gasteiger partial charge in [-0.25, -0.2) is 4.98 Å². The van der Waals surface area contributed by atoms with Crippen molar-refractivity contribution >= 4 is 17.2 Å². The summed E-state index contributed by atoms with van der Waals surface area (Å²) in [6.45, 7) is 3.24. The van der Waals surface area contributed by atoms with E-state index >= 15 is 0 Å². The fraction of sp³-hybridized carbons (Fsp3) is 0.529. The van der Waals surface area contributed by atoms with E-state index in [4.69, 9.17) is 9.15 Å². The first-order valence-corrected chi connectivity index (χ1v) is 8.99. The second kappa shape index (κ2) is 6.09. The number of carbonyl (C=O) groups is 1. The number of aryl methyl sites for hydroxylation is 1. The van der Waals surface area contributed by atoms with Gasteiger partial charge in [0.25, 0.3) is 5.91 Å². The smallest absolute Gasteiger partial charge is 0.274 e. The van der Waals surface area contributed by atoms with Gasteiger partial charge in [0, 0.05) is 11.4 Å². The van der Waals surface area contributed by atoms with Crippen molar-refractivity contribution in [2.75, 3.05) is 13.2 Å². The number of hydrogen-bond donors (Lipinski definition) is 0. The summed E-state index contributed by atoms with van der Waals surface area (Å²) in [5.74, 6) is 0.756. The van der Waals surface area contributed by atoms with E-state index in [1.54, 1.807) is 6.26 Å². The largest absolute Gasteiger partial charge is 0.462 e. The van der Waals surface area contributed by atoms with Crippen LogP contribution in [-0.2, 0) is 4.74 Å². The van der Waals surface area contributed by atoms with E-state index in [0.717, 1.165) is 28.5 Å². The molecule has 3 heterocycles. The summed E-state index contributed by atoms with van der Waals surface area (Å²) in [4.78, 5) is 20.5. The molecule has 0 radical (unpaired) electrons. The van der Waals surface area contributed by atoms with Gasteiger partial charge in [-0.05, 0) is 31.9 Å². The van der Waals surface area contributed by atoms with Crippen LogP contribution < -0.4 is 0 Å². The monoisotopic (exact) mass is 332 g/mol. The van der Waals surface area contributed by atoms with Gasteiger partial charge in [-0.1, -0.05) is 12.8 Å². The Morgan fingerprint density at radius 2 is 2.26 bits per heavy atom. The van der Waals surface area contributed by atoms with E-state index in [1.165, 1.54) is 24.2 Å². The van der Waals surface area contributed by atoms with Gasteiger partial charge in [0.05, 0.1) is 25.0 Å². The topological polar surface area (TPSA) is 55.6 Å². The Kier molecular flexibility index (Phi) is 3.95. The third-order valence-corrected chi connectivity index (χ3v) is 5.71. The number of ether oxygens (including phenoxy) is 1. The molecule has 0 bridgehead atoms. The fourth-order valence-electron chi connectivity index (χ4n) is 3.59. The van der Waals surface area contributed by atoms with Crippen LogP contribution >= 0.6 is 11.3 Å². The number of fused-ring (bicyclic) bond motifs is 1. The molecule has 2 atom stereocenters. The van der Waals surface area contributed by atoms with E-state index in [2.05, 4.69) is 4.98 Å². The number of nitrogens with zero attached hydrogens (tertiary/aromatic N) is 2. The Hall–Kier alpha value is -1.66. The highest BCUT2D eigenvalue weighted by Crippen LogP contribution is 2.32. The number of carbonyl (C=O) groups excluding carboxylic acids is 1. The van der Waals surface area contributed by atoms with Gasteiger partial charge >= 0.3 is 0 Å². The van der Waals surface area contributed by atoms with Crippen LogP contribution in [-0.4, -0.2) is 41.1 Å². The van der Waals surface area contributed by atoms with E-state index in [1.807, 2.05) is 24.0 Å². The zero-order chi connectivity index (χ0) is 15.8. The van der Waals surface area contributed by atoms with Crippen LogP contribution in [0.25, 0.3) is 10.8 Å². The molecule has 1 saturated carbocycles. The summed E-state index contributed by atoms with van der Waals surface area (Å²) >= 11 is 1.51. The van der Waals surface area contributed by atoms with Crippen molar-refractivity contribution in [3.8, 4) is 10.8 Å². The van der Waals surface area contributed by atoms with E-state index in [9.17, 15) is 4.79 Å². The van der Waals surface area contributed by atoms with E-state index in [-0.39, 0.29) is 18.1 Å². The quantitative estimate of drug-likeness (QED) is 0.845. The standard InChI is InChI=1S/C17H20N2O3S/c1-11-15(18-16(23-11)14-7-4-9-21-14)17(20)19-8-10-22-13-6-3-2-5-12(13)19/h4,7,9,12-13H,2-3,5-6,8,10H2,1H3/t12-,13-/m1/s1. The van der Waals surface area contributed by atoms with E-state index < -0.39 is 0 Å². The fourth-order valence-corrected chi connectivity index (χ4v) is 4.46. The van der Waals surface area contributed by atoms with Crippen LogP contribution in [0, 0.1) is 6.92 Å². The molecule has 1 amide bonds. The molecule has 2 aromatic rings. The average molecular weight is 332 g/mol. The maximum absolute atomic E-state index is 13.0. The molecule has 23 heavy (non-hydrogen) atoms. The summed E-state index contributed by atoms with van der Waals surface area (Å²) in [5, 5.41) is 0.768. The van der Waals surface area contributed by atoms with Gasteiger partial charge in [-0.15, -0.1) is 11.3 Å². The SMILES string of the molecule is Cc1sc(-c2ccco2)nc1C(=O)N1CCO[C@@H]2CCCC[C@H]21. The second-order valence-electron chi connectivity index (χ2n) is 6.16. The Morgan fingerprint density at radius 1 is 1.39 bits per heavy atom. The molecule has 1 aliphatic heterocycles. The third kappa shape index (κ3) is 2.70. The zero-order valence-electron chi connectivity index (χ0n) is 13.2. The summed E-state index contributed by atoms with van der Waals surface area (Å²) < 4.78 is 11.3. The molecule has 1 saturated heterocycles. The van der Waals surface area contributed by atoms with Gasteiger partial charge in [0.15, 0.2) is 10.8 Å². The Balaban J connectivity index is 1.61. The molecule has 0 aromatic carbocycles. The van der Waals surface area contributed by atoms with Crippen molar-refractivity contribution < 1.29 is 13.9 Å². The van der Waals surface area contributed by atoms with Crippen LogP contribution in [0.1, 0.15) is 41.0 Å². The molecule has 6 heteroatoms. The number of aromatic nitrogens is 1. The zero-order valence-corrected chi connectivity index (χ0v) is 14.0. The van der Waals surface area contributed by atoms with Crippen molar-refractivity contribution in [3.05, 3.63) is 29.0 Å². The first-order chi connectivity index (χ1) is 11.2. The number of rotatable bonds is 2. The highest BCUT2D eigenvalue weighted by Gasteiger charge is 2.38. The van der Waals surface area contributed by atoms with Gasteiger partial charge in [-0.2, -0.15) is 0 Å². The molecule has 0 spiro atoms. The van der Waals surface area contributed by atoms with Crippen LogP contribution in [0.15, 0.2) is 22.8 Å². The Labute approximate surface area is 139 Å². The number of furan rings is 1. The van der Waals surface area contributed by atoms with Crippen LogP contribution in [0.2, 0.25) is 0 Å². The number of amides is 1.